The Hall–Kier alpha value is -2.89. The van der Waals surface area contributed by atoms with Crippen LogP contribution in [-0.4, -0.2) is 34.8 Å². The summed E-state index contributed by atoms with van der Waals surface area (Å²) in [6.07, 6.45) is 3.06. The first-order valence-corrected chi connectivity index (χ1v) is 6.32. The molecule has 6 nitrogen and oxygen atoms in total. The van der Waals surface area contributed by atoms with Crippen LogP contribution in [0.1, 0.15) is 36.6 Å². The van der Waals surface area contributed by atoms with Gasteiger partial charge in [0, 0.05) is 18.0 Å². The maximum Gasteiger partial charge on any atom is 0.339 e. The number of amides is 2. The van der Waals surface area contributed by atoms with Gasteiger partial charge in [0.15, 0.2) is 0 Å². The van der Waals surface area contributed by atoms with E-state index in [0.29, 0.717) is 22.3 Å². The van der Waals surface area contributed by atoms with Crippen LogP contribution in [0.5, 0.6) is 0 Å². The lowest BCUT2D eigenvalue weighted by atomic mass is 10.1. The Balaban J connectivity index is 1.91. The summed E-state index contributed by atoms with van der Waals surface area (Å²) >= 11 is 0. The number of ether oxygens (including phenoxy) is 1. The van der Waals surface area contributed by atoms with Crippen molar-refractivity contribution in [3.63, 3.8) is 0 Å². The van der Waals surface area contributed by atoms with Gasteiger partial charge in [0.25, 0.3) is 11.8 Å². The van der Waals surface area contributed by atoms with E-state index in [-0.39, 0.29) is 18.4 Å². The molecule has 0 bridgehead atoms. The molecule has 2 amide bonds. The van der Waals surface area contributed by atoms with Gasteiger partial charge in [0.05, 0.1) is 30.3 Å². The number of methoxy groups -OCH3 is 1. The van der Waals surface area contributed by atoms with Crippen molar-refractivity contribution in [2.24, 2.45) is 0 Å². The number of nitrogens with one attached hydrogen (secondary N) is 1. The predicted octanol–water partition coefficient (Wildman–Crippen LogP) is 1.60. The summed E-state index contributed by atoms with van der Waals surface area (Å²) in [5.41, 5.74) is 1.63. The minimum absolute atomic E-state index is 0.0281. The van der Waals surface area contributed by atoms with E-state index in [4.69, 9.17) is 0 Å². The number of esters is 1. The quantitative estimate of drug-likeness (QED) is 0.685. The first-order valence-electron chi connectivity index (χ1n) is 6.32. The molecule has 1 aromatic carbocycles. The summed E-state index contributed by atoms with van der Waals surface area (Å²) in [6.45, 7) is 0.0281. The van der Waals surface area contributed by atoms with Crippen molar-refractivity contribution in [3.8, 4) is 0 Å². The monoisotopic (exact) mass is 284 g/mol. The van der Waals surface area contributed by atoms with Gasteiger partial charge in [0.1, 0.15) is 0 Å². The van der Waals surface area contributed by atoms with Crippen LogP contribution in [0, 0.1) is 0 Å². The number of nitrogens with zero attached hydrogens (tertiary/aromatic N) is 1. The molecule has 106 valence electrons. The number of aromatic nitrogens is 1. The number of hydrogen-bond acceptors (Lipinski definition) is 4. The molecule has 0 unspecified atom stereocenters. The van der Waals surface area contributed by atoms with Gasteiger partial charge in [-0.2, -0.15) is 0 Å². The van der Waals surface area contributed by atoms with Crippen molar-refractivity contribution in [2.45, 2.75) is 6.54 Å². The Morgan fingerprint density at radius 1 is 1.14 bits per heavy atom. The molecule has 0 fully saturated rings. The number of benzene rings is 1. The third kappa shape index (κ3) is 2.01. The second kappa shape index (κ2) is 4.90. The van der Waals surface area contributed by atoms with E-state index < -0.39 is 5.97 Å². The number of aromatic amines is 1. The van der Waals surface area contributed by atoms with Gasteiger partial charge in [-0.25, -0.2) is 4.79 Å². The number of H-pyrrole nitrogens is 1. The molecule has 1 N–H and O–H groups in total. The summed E-state index contributed by atoms with van der Waals surface area (Å²) in [7, 11) is 1.28. The lowest BCUT2D eigenvalue weighted by Crippen LogP contribution is -2.29. The van der Waals surface area contributed by atoms with Gasteiger partial charge in [-0.15, -0.1) is 0 Å². The predicted molar refractivity (Wildman–Crippen MR) is 72.8 cm³/mol. The van der Waals surface area contributed by atoms with E-state index in [1.807, 2.05) is 0 Å². The number of carbonyl (C=O) groups excluding carboxylic acids is 3. The average Bonchev–Trinajstić information content (AvgIpc) is 3.06. The van der Waals surface area contributed by atoms with E-state index in [9.17, 15) is 14.4 Å². The highest BCUT2D eigenvalue weighted by Gasteiger charge is 2.35. The molecule has 0 atom stereocenters. The topological polar surface area (TPSA) is 79.5 Å². The van der Waals surface area contributed by atoms with Crippen LogP contribution in [0.4, 0.5) is 0 Å². The molecule has 0 aliphatic carbocycles. The molecule has 0 saturated heterocycles. The van der Waals surface area contributed by atoms with Gasteiger partial charge < -0.3 is 9.72 Å². The van der Waals surface area contributed by atoms with Gasteiger partial charge in [-0.05, 0) is 12.1 Å². The van der Waals surface area contributed by atoms with Crippen molar-refractivity contribution in [1.82, 2.24) is 9.88 Å². The number of rotatable bonds is 3. The molecule has 0 radical (unpaired) electrons. The molecule has 1 aliphatic heterocycles. The molecule has 21 heavy (non-hydrogen) atoms. The Labute approximate surface area is 120 Å². The van der Waals surface area contributed by atoms with Crippen LogP contribution in [-0.2, 0) is 11.3 Å². The smallest absolute Gasteiger partial charge is 0.339 e. The van der Waals surface area contributed by atoms with Crippen molar-refractivity contribution >= 4 is 17.8 Å². The maximum atomic E-state index is 12.3. The SMILES string of the molecule is COC(=O)c1c[nH]cc1CN1C(=O)c2ccccc2C1=O. The zero-order valence-corrected chi connectivity index (χ0v) is 11.3. The fourth-order valence-corrected chi connectivity index (χ4v) is 2.38. The zero-order valence-electron chi connectivity index (χ0n) is 11.3. The van der Waals surface area contributed by atoms with Gasteiger partial charge in [-0.1, -0.05) is 12.1 Å². The van der Waals surface area contributed by atoms with Crippen LogP contribution >= 0.6 is 0 Å². The second-order valence-electron chi connectivity index (χ2n) is 4.63. The average molecular weight is 284 g/mol. The highest BCUT2D eigenvalue weighted by Crippen LogP contribution is 2.25. The molecule has 3 rings (SSSR count). The minimum Gasteiger partial charge on any atom is -0.465 e. The van der Waals surface area contributed by atoms with Crippen LogP contribution < -0.4 is 0 Å². The third-order valence-electron chi connectivity index (χ3n) is 3.44. The van der Waals surface area contributed by atoms with Crippen LogP contribution in [0.15, 0.2) is 36.7 Å². The summed E-state index contributed by atoms with van der Waals surface area (Å²) < 4.78 is 4.67. The molecular formula is C15H12N2O4. The highest BCUT2D eigenvalue weighted by molar-refractivity contribution is 6.21. The summed E-state index contributed by atoms with van der Waals surface area (Å²) in [6, 6.07) is 6.66. The fraction of sp³-hybridized carbons (Fsp3) is 0.133. The van der Waals surface area contributed by atoms with Crippen LogP contribution in [0.2, 0.25) is 0 Å². The number of fused-ring (bicyclic) bond motifs is 1. The van der Waals surface area contributed by atoms with E-state index in [2.05, 4.69) is 9.72 Å². The summed E-state index contributed by atoms with van der Waals surface area (Å²) in [5, 5.41) is 0. The van der Waals surface area contributed by atoms with Crippen LogP contribution in [0.3, 0.4) is 0 Å². The van der Waals surface area contributed by atoms with Crippen molar-refractivity contribution < 1.29 is 19.1 Å². The Morgan fingerprint density at radius 3 is 2.33 bits per heavy atom. The zero-order chi connectivity index (χ0) is 15.0. The summed E-state index contributed by atoms with van der Waals surface area (Å²) in [4.78, 5) is 40.1. The summed E-state index contributed by atoms with van der Waals surface area (Å²) in [5.74, 6) is -1.22. The molecule has 2 aromatic rings. The van der Waals surface area contributed by atoms with Crippen molar-refractivity contribution in [3.05, 3.63) is 58.9 Å². The minimum atomic E-state index is -0.511. The first kappa shape index (κ1) is 13.1. The van der Waals surface area contributed by atoms with E-state index >= 15 is 0 Å². The molecule has 6 heteroatoms. The molecule has 0 saturated carbocycles. The van der Waals surface area contributed by atoms with Gasteiger partial charge in [0.2, 0.25) is 0 Å². The van der Waals surface area contributed by atoms with Crippen LogP contribution in [0.25, 0.3) is 0 Å². The number of hydrogen-bond donors (Lipinski definition) is 1. The Kier molecular flexibility index (Phi) is 3.06. The second-order valence-corrected chi connectivity index (χ2v) is 4.63. The lowest BCUT2D eigenvalue weighted by molar-refractivity contribution is 0.0584. The maximum absolute atomic E-state index is 12.3. The third-order valence-corrected chi connectivity index (χ3v) is 3.44. The molecule has 1 aromatic heterocycles. The largest absolute Gasteiger partial charge is 0.465 e. The van der Waals surface area contributed by atoms with Crippen molar-refractivity contribution in [2.75, 3.05) is 7.11 Å². The Morgan fingerprint density at radius 2 is 1.76 bits per heavy atom. The fourth-order valence-electron chi connectivity index (χ4n) is 2.38. The molecule has 1 aliphatic rings. The van der Waals surface area contributed by atoms with Crippen molar-refractivity contribution in [1.29, 1.82) is 0 Å². The number of carbonyl (C=O) groups is 3. The van der Waals surface area contributed by atoms with E-state index in [0.717, 1.165) is 4.90 Å². The first-order chi connectivity index (χ1) is 10.1. The molecule has 2 heterocycles. The highest BCUT2D eigenvalue weighted by atomic mass is 16.5. The van der Waals surface area contributed by atoms with E-state index in [1.54, 1.807) is 30.5 Å². The van der Waals surface area contributed by atoms with Gasteiger partial charge >= 0.3 is 5.97 Å². The lowest BCUT2D eigenvalue weighted by Gasteiger charge is -2.13. The number of imide groups is 1. The normalized spacial score (nSPS) is 13.5. The standard InChI is InChI=1S/C15H12N2O4/c1-21-15(20)12-7-16-6-9(12)8-17-13(18)10-4-2-3-5-11(10)14(17)19/h2-7,16H,8H2,1H3. The molecule has 0 spiro atoms. The van der Waals surface area contributed by atoms with E-state index in [1.165, 1.54) is 13.3 Å². The van der Waals surface area contributed by atoms with Gasteiger partial charge in [-0.3, -0.25) is 14.5 Å². The molecular weight excluding hydrogens is 272 g/mol. The Bertz CT molecular complexity index is 713.